The van der Waals surface area contributed by atoms with Crippen LogP contribution in [-0.2, 0) is 0 Å². The Kier molecular flexibility index (Phi) is 7.19. The third-order valence-electron chi connectivity index (χ3n) is 2.89. The van der Waals surface area contributed by atoms with Gasteiger partial charge in [0.2, 0.25) is 0 Å². The summed E-state index contributed by atoms with van der Waals surface area (Å²) in [5.41, 5.74) is 1.25. The molecule has 1 aromatic carbocycles. The van der Waals surface area contributed by atoms with E-state index in [2.05, 4.69) is 25.7 Å². The predicted octanol–water partition coefficient (Wildman–Crippen LogP) is 3.79. The standard InChI is InChI=1S/C16H25NO/c1-4-17-15(11-10-14(2)3)12-13-18-16-8-6-5-7-9-16/h5-9,15,17H,2,4,10-13H2,1,3H3. The first-order chi connectivity index (χ1) is 8.72. The summed E-state index contributed by atoms with van der Waals surface area (Å²) in [6, 6.07) is 10.5. The summed E-state index contributed by atoms with van der Waals surface area (Å²) >= 11 is 0. The van der Waals surface area contributed by atoms with Gasteiger partial charge in [0.25, 0.3) is 0 Å². The molecule has 0 aromatic heterocycles. The van der Waals surface area contributed by atoms with Crippen LogP contribution >= 0.6 is 0 Å². The summed E-state index contributed by atoms with van der Waals surface area (Å²) in [6.07, 6.45) is 3.26. The third-order valence-corrected chi connectivity index (χ3v) is 2.89. The zero-order valence-electron chi connectivity index (χ0n) is 11.6. The highest BCUT2D eigenvalue weighted by Crippen LogP contribution is 2.11. The van der Waals surface area contributed by atoms with Gasteiger partial charge < -0.3 is 10.1 Å². The number of rotatable bonds is 9. The van der Waals surface area contributed by atoms with Crippen molar-refractivity contribution in [3.8, 4) is 5.75 Å². The van der Waals surface area contributed by atoms with Crippen molar-refractivity contribution >= 4 is 0 Å². The van der Waals surface area contributed by atoms with Crippen LogP contribution in [0.25, 0.3) is 0 Å². The number of hydrogen-bond donors (Lipinski definition) is 1. The van der Waals surface area contributed by atoms with Gasteiger partial charge in [0, 0.05) is 6.04 Å². The Morgan fingerprint density at radius 3 is 2.61 bits per heavy atom. The van der Waals surface area contributed by atoms with E-state index in [0.29, 0.717) is 6.04 Å². The van der Waals surface area contributed by atoms with Crippen LogP contribution in [0.1, 0.15) is 33.1 Å². The van der Waals surface area contributed by atoms with Crippen LogP contribution < -0.4 is 10.1 Å². The largest absolute Gasteiger partial charge is 0.494 e. The van der Waals surface area contributed by atoms with Crippen molar-refractivity contribution in [2.75, 3.05) is 13.2 Å². The topological polar surface area (TPSA) is 21.3 Å². The molecule has 0 saturated heterocycles. The van der Waals surface area contributed by atoms with Crippen LogP contribution in [0.3, 0.4) is 0 Å². The average molecular weight is 247 g/mol. The second-order valence-corrected chi connectivity index (χ2v) is 4.70. The highest BCUT2D eigenvalue weighted by Gasteiger charge is 2.07. The van der Waals surface area contributed by atoms with Crippen molar-refractivity contribution in [3.05, 3.63) is 42.5 Å². The summed E-state index contributed by atoms with van der Waals surface area (Å²) in [5.74, 6) is 0.952. The molecule has 1 unspecified atom stereocenters. The lowest BCUT2D eigenvalue weighted by Crippen LogP contribution is -2.30. The minimum atomic E-state index is 0.524. The quantitative estimate of drug-likeness (QED) is 0.670. The highest BCUT2D eigenvalue weighted by atomic mass is 16.5. The number of allylic oxidation sites excluding steroid dienone is 1. The molecule has 0 saturated carbocycles. The van der Waals surface area contributed by atoms with Crippen molar-refractivity contribution < 1.29 is 4.74 Å². The van der Waals surface area contributed by atoms with E-state index < -0.39 is 0 Å². The van der Waals surface area contributed by atoms with Gasteiger partial charge in [-0.25, -0.2) is 0 Å². The maximum absolute atomic E-state index is 5.73. The lowest BCUT2D eigenvalue weighted by atomic mass is 10.1. The average Bonchev–Trinajstić information content (AvgIpc) is 2.37. The maximum atomic E-state index is 5.73. The molecule has 0 aliphatic carbocycles. The molecule has 18 heavy (non-hydrogen) atoms. The molecule has 0 bridgehead atoms. The monoisotopic (exact) mass is 247 g/mol. The molecule has 0 spiro atoms. The van der Waals surface area contributed by atoms with Crippen LogP contribution in [0.2, 0.25) is 0 Å². The lowest BCUT2D eigenvalue weighted by molar-refractivity contribution is 0.282. The number of benzene rings is 1. The fourth-order valence-electron chi connectivity index (χ4n) is 1.89. The van der Waals surface area contributed by atoms with Crippen molar-refractivity contribution in [1.29, 1.82) is 0 Å². The van der Waals surface area contributed by atoms with Crippen LogP contribution in [0, 0.1) is 0 Å². The number of nitrogens with one attached hydrogen (secondary N) is 1. The van der Waals surface area contributed by atoms with Gasteiger partial charge in [-0.3, -0.25) is 0 Å². The molecule has 2 nitrogen and oxygen atoms in total. The number of hydrogen-bond acceptors (Lipinski definition) is 2. The van der Waals surface area contributed by atoms with E-state index in [-0.39, 0.29) is 0 Å². The summed E-state index contributed by atoms with van der Waals surface area (Å²) in [6.45, 7) is 9.96. The lowest BCUT2D eigenvalue weighted by Gasteiger charge is -2.18. The van der Waals surface area contributed by atoms with Gasteiger partial charge in [-0.05, 0) is 44.9 Å². The fraction of sp³-hybridized carbons (Fsp3) is 0.500. The van der Waals surface area contributed by atoms with Gasteiger partial charge in [-0.1, -0.05) is 30.7 Å². The molecule has 1 atom stereocenters. The second-order valence-electron chi connectivity index (χ2n) is 4.70. The number of para-hydroxylation sites is 1. The molecule has 0 heterocycles. The molecule has 1 N–H and O–H groups in total. The molecule has 1 aromatic rings. The zero-order valence-corrected chi connectivity index (χ0v) is 11.6. The van der Waals surface area contributed by atoms with E-state index in [1.807, 2.05) is 30.3 Å². The summed E-state index contributed by atoms with van der Waals surface area (Å²) in [7, 11) is 0. The van der Waals surface area contributed by atoms with E-state index >= 15 is 0 Å². The molecule has 0 fully saturated rings. The van der Waals surface area contributed by atoms with E-state index in [9.17, 15) is 0 Å². The fourth-order valence-corrected chi connectivity index (χ4v) is 1.89. The van der Waals surface area contributed by atoms with Gasteiger partial charge >= 0.3 is 0 Å². The van der Waals surface area contributed by atoms with Crippen LogP contribution in [0.15, 0.2) is 42.5 Å². The summed E-state index contributed by atoms with van der Waals surface area (Å²) in [4.78, 5) is 0. The molecular weight excluding hydrogens is 222 g/mol. The first-order valence-electron chi connectivity index (χ1n) is 6.78. The Labute approximate surface area is 111 Å². The van der Waals surface area contributed by atoms with E-state index in [0.717, 1.165) is 38.2 Å². The normalized spacial score (nSPS) is 12.1. The van der Waals surface area contributed by atoms with E-state index in [1.54, 1.807) is 0 Å². The Hall–Kier alpha value is -1.28. The Morgan fingerprint density at radius 2 is 2.00 bits per heavy atom. The zero-order chi connectivity index (χ0) is 13.2. The van der Waals surface area contributed by atoms with Gasteiger partial charge in [0.1, 0.15) is 5.75 Å². The molecule has 0 aliphatic rings. The molecule has 1 rings (SSSR count). The summed E-state index contributed by atoms with van der Waals surface area (Å²) in [5, 5.41) is 3.50. The minimum Gasteiger partial charge on any atom is -0.494 e. The highest BCUT2D eigenvalue weighted by molar-refractivity contribution is 5.20. The van der Waals surface area contributed by atoms with Crippen molar-refractivity contribution in [2.45, 2.75) is 39.2 Å². The van der Waals surface area contributed by atoms with Crippen LogP contribution in [0.4, 0.5) is 0 Å². The van der Waals surface area contributed by atoms with Crippen molar-refractivity contribution in [2.24, 2.45) is 0 Å². The van der Waals surface area contributed by atoms with Gasteiger partial charge in [-0.15, -0.1) is 6.58 Å². The summed E-state index contributed by atoms with van der Waals surface area (Å²) < 4.78 is 5.73. The second kappa shape index (κ2) is 8.76. The number of ether oxygens (including phenoxy) is 1. The first-order valence-corrected chi connectivity index (χ1v) is 6.78. The van der Waals surface area contributed by atoms with E-state index in [4.69, 9.17) is 4.74 Å². The van der Waals surface area contributed by atoms with Crippen molar-refractivity contribution in [3.63, 3.8) is 0 Å². The Bertz CT molecular complexity index is 334. The molecule has 0 amide bonds. The van der Waals surface area contributed by atoms with Gasteiger partial charge in [0.15, 0.2) is 0 Å². The molecule has 0 radical (unpaired) electrons. The third kappa shape index (κ3) is 6.45. The van der Waals surface area contributed by atoms with Gasteiger partial charge in [-0.2, -0.15) is 0 Å². The van der Waals surface area contributed by atoms with Crippen molar-refractivity contribution in [1.82, 2.24) is 5.32 Å². The first kappa shape index (κ1) is 14.8. The molecular formula is C16H25NO. The molecule has 0 aliphatic heterocycles. The van der Waals surface area contributed by atoms with Crippen LogP contribution in [0.5, 0.6) is 5.75 Å². The molecule has 100 valence electrons. The Morgan fingerprint density at radius 1 is 1.28 bits per heavy atom. The molecule has 2 heteroatoms. The smallest absolute Gasteiger partial charge is 0.119 e. The Balaban J connectivity index is 2.26. The van der Waals surface area contributed by atoms with Crippen LogP contribution in [-0.4, -0.2) is 19.2 Å². The maximum Gasteiger partial charge on any atom is 0.119 e. The minimum absolute atomic E-state index is 0.524. The SMILES string of the molecule is C=C(C)CCC(CCOc1ccccc1)NCC. The van der Waals surface area contributed by atoms with Gasteiger partial charge in [0.05, 0.1) is 6.61 Å². The van der Waals surface area contributed by atoms with E-state index in [1.165, 1.54) is 5.57 Å². The predicted molar refractivity (Wildman–Crippen MR) is 78.1 cm³/mol.